The fourth-order valence-electron chi connectivity index (χ4n) is 17.6. The van der Waals surface area contributed by atoms with Gasteiger partial charge in [-0.2, -0.15) is 10.5 Å². The van der Waals surface area contributed by atoms with Crippen molar-refractivity contribution in [1.82, 2.24) is 4.57 Å². The number of hydrogen-bond donors (Lipinski definition) is 0. The van der Waals surface area contributed by atoms with Gasteiger partial charge in [-0.25, -0.2) is 0 Å². The zero-order valence-corrected chi connectivity index (χ0v) is 71.1. The van der Waals surface area contributed by atoms with Crippen LogP contribution in [0.15, 0.2) is 297 Å². The minimum Gasteiger partial charge on any atom is -0.311 e. The van der Waals surface area contributed by atoms with Crippen molar-refractivity contribution in [3.63, 3.8) is 0 Å². The number of nitriles is 2. The van der Waals surface area contributed by atoms with Crippen molar-refractivity contribution >= 4 is 96.1 Å². The second kappa shape index (κ2) is 28.6. The van der Waals surface area contributed by atoms with Crippen LogP contribution in [0.2, 0.25) is 0 Å². The number of para-hydroxylation sites is 2. The van der Waals surface area contributed by atoms with Gasteiger partial charge in [-0.15, -0.1) is 0 Å². The topological polar surface area (TPSA) is 62.2 Å². The first-order valence-corrected chi connectivity index (χ1v) is 41.4. The third-order valence-electron chi connectivity index (χ3n) is 24.3. The molecular formula is C110H103BN6. The first-order chi connectivity index (χ1) is 55.7. The SMILES string of the molecule is CC(C)(C)c1cc(-c2cc3c4c(c2)N(c2ccc(C(C)(C)C)cc2-c2ccccc2)c2cc(-c5cc(C#N)ccc5N(c5ccccc5)c5ccccc5)ccc2B4c2ccc(-c4cc(-n5c6ccc(C(C)(C)C)cc6c6cc(C(C)(C)C)ccc65)ccc4C#N)cc2N3c2ccc(C(C)(C)C)cc2-c2ccccc2)cc(C(C)(C)C)c1. The van der Waals surface area contributed by atoms with Crippen LogP contribution in [-0.4, -0.2) is 11.3 Å². The molecule has 2 aliphatic heterocycles. The summed E-state index contributed by atoms with van der Waals surface area (Å²) in [7, 11) is 0. The van der Waals surface area contributed by atoms with Gasteiger partial charge in [0.25, 0.3) is 6.71 Å². The van der Waals surface area contributed by atoms with Crippen LogP contribution in [0.3, 0.4) is 0 Å². The van der Waals surface area contributed by atoms with Crippen LogP contribution in [0, 0.1) is 22.7 Å². The second-order valence-electron chi connectivity index (χ2n) is 38.6. The third-order valence-corrected chi connectivity index (χ3v) is 24.3. The molecule has 0 spiro atoms. The van der Waals surface area contributed by atoms with Gasteiger partial charge in [0.2, 0.25) is 0 Å². The van der Waals surface area contributed by atoms with Crippen molar-refractivity contribution < 1.29 is 0 Å². The van der Waals surface area contributed by atoms with Gasteiger partial charge >= 0.3 is 0 Å². The molecule has 0 saturated heterocycles. The van der Waals surface area contributed by atoms with Gasteiger partial charge in [0.15, 0.2) is 0 Å². The van der Waals surface area contributed by atoms with Gasteiger partial charge in [0, 0.05) is 72.8 Å². The van der Waals surface area contributed by atoms with Crippen LogP contribution in [0.4, 0.5) is 51.2 Å². The number of aromatic nitrogens is 1. The van der Waals surface area contributed by atoms with Gasteiger partial charge in [-0.05, 0) is 249 Å². The largest absolute Gasteiger partial charge is 0.311 e. The van der Waals surface area contributed by atoms with Crippen molar-refractivity contribution in [3.8, 4) is 73.5 Å². The molecule has 576 valence electrons. The number of nitrogens with zero attached hydrogens (tertiary/aromatic N) is 6. The Kier molecular flexibility index (Phi) is 18.8. The lowest BCUT2D eigenvalue weighted by Crippen LogP contribution is -2.61. The lowest BCUT2D eigenvalue weighted by atomic mass is 9.33. The summed E-state index contributed by atoms with van der Waals surface area (Å²) in [5.74, 6) is 0. The summed E-state index contributed by atoms with van der Waals surface area (Å²) >= 11 is 0. The molecule has 0 bridgehead atoms. The van der Waals surface area contributed by atoms with Crippen LogP contribution in [-0.2, 0) is 32.5 Å². The van der Waals surface area contributed by atoms with Crippen molar-refractivity contribution in [2.45, 2.75) is 157 Å². The fraction of sp³-hybridized carbons (Fsp3) is 0.218. The molecule has 14 aromatic carbocycles. The van der Waals surface area contributed by atoms with Crippen LogP contribution in [0.1, 0.15) is 169 Å². The molecule has 3 heterocycles. The second-order valence-corrected chi connectivity index (χ2v) is 38.6. The zero-order valence-electron chi connectivity index (χ0n) is 71.1. The van der Waals surface area contributed by atoms with Crippen molar-refractivity contribution in [2.24, 2.45) is 0 Å². The molecule has 0 saturated carbocycles. The molecule has 117 heavy (non-hydrogen) atoms. The van der Waals surface area contributed by atoms with Gasteiger partial charge in [-0.3, -0.25) is 0 Å². The van der Waals surface area contributed by atoms with Crippen LogP contribution < -0.4 is 31.1 Å². The Labute approximate surface area is 693 Å². The van der Waals surface area contributed by atoms with E-state index < -0.39 is 0 Å². The van der Waals surface area contributed by atoms with E-state index in [4.69, 9.17) is 0 Å². The highest BCUT2D eigenvalue weighted by molar-refractivity contribution is 7.00. The number of benzene rings is 14. The predicted molar refractivity (Wildman–Crippen MR) is 498 cm³/mol. The minimum atomic E-state index is -0.357. The number of hydrogen-bond acceptors (Lipinski definition) is 5. The maximum Gasteiger partial charge on any atom is 0.252 e. The molecule has 0 fully saturated rings. The summed E-state index contributed by atoms with van der Waals surface area (Å²) in [6.45, 7) is 41.3. The first kappa shape index (κ1) is 76.9. The summed E-state index contributed by atoms with van der Waals surface area (Å²) in [6.07, 6.45) is 0. The molecule has 15 aromatic rings. The molecule has 0 N–H and O–H groups in total. The highest BCUT2D eigenvalue weighted by Crippen LogP contribution is 2.54. The molecule has 7 heteroatoms. The Hall–Kier alpha value is -12.7. The normalized spacial score (nSPS) is 13.0. The number of anilines is 9. The average Bonchev–Trinajstić information content (AvgIpc) is 1.36. The summed E-state index contributed by atoms with van der Waals surface area (Å²) in [6, 6.07) is 116. The third kappa shape index (κ3) is 14.0. The smallest absolute Gasteiger partial charge is 0.252 e. The molecule has 0 unspecified atom stereocenters. The maximum absolute atomic E-state index is 11.7. The number of rotatable bonds is 11. The van der Waals surface area contributed by atoms with E-state index in [2.05, 4.69) is 441 Å². The van der Waals surface area contributed by atoms with Crippen molar-refractivity contribution in [1.29, 1.82) is 10.5 Å². The molecule has 0 amide bonds. The van der Waals surface area contributed by atoms with Crippen LogP contribution in [0.25, 0.3) is 83.1 Å². The Balaban J connectivity index is 1.02. The molecule has 17 rings (SSSR count). The summed E-state index contributed by atoms with van der Waals surface area (Å²) in [5, 5.41) is 25.2. The van der Waals surface area contributed by atoms with E-state index in [0.717, 1.165) is 134 Å². The van der Waals surface area contributed by atoms with E-state index in [1.807, 2.05) is 12.1 Å². The van der Waals surface area contributed by atoms with E-state index in [1.54, 1.807) is 0 Å². The molecule has 0 radical (unpaired) electrons. The van der Waals surface area contributed by atoms with E-state index in [1.165, 1.54) is 49.6 Å². The standard InChI is InChI=1S/C110H103BN6/c1-105(2,3)78-43-51-96(89(63-78)71-31-23-19-24-32-71)116-100-58-73(87-67-86(47-40-75(87)69-113)115-98-53-45-80(107(7,8)9)65-91(98)92-66-81(108(10,11)12)46-54-99(92)115)41-48-93(100)111-94-49-42-74(88-55-70(68-112)39-50-95(88)114(84-35-27-21-28-36-84)85-37-29-22-30-38-85)59-101(94)117(97-52-44-79(106(4,5)6)64-90(97)72-33-25-20-26-34-72)103-61-77(60-102(116)104(103)111)76-56-82(109(13,14)15)62-83(57-76)110(16,17)18/h19-67H,1-18H3. The summed E-state index contributed by atoms with van der Waals surface area (Å²) in [5.41, 5.74) is 33.8. The van der Waals surface area contributed by atoms with Gasteiger partial charge in [-0.1, -0.05) is 288 Å². The Bertz CT molecular complexity index is 6380. The van der Waals surface area contributed by atoms with E-state index in [-0.39, 0.29) is 39.2 Å². The van der Waals surface area contributed by atoms with Gasteiger partial charge in [0.1, 0.15) is 0 Å². The Morgan fingerprint density at radius 1 is 0.282 bits per heavy atom. The molecule has 6 nitrogen and oxygen atoms in total. The molecule has 0 atom stereocenters. The molecule has 1 aromatic heterocycles. The average molecular weight is 1520 g/mol. The Morgan fingerprint density at radius 3 is 1.11 bits per heavy atom. The predicted octanol–water partition coefficient (Wildman–Crippen LogP) is 28.2. The molecule has 2 aliphatic rings. The minimum absolute atomic E-state index is 0.0744. The summed E-state index contributed by atoms with van der Waals surface area (Å²) in [4.78, 5) is 7.53. The first-order valence-electron chi connectivity index (χ1n) is 41.4. The fourth-order valence-corrected chi connectivity index (χ4v) is 17.6. The maximum atomic E-state index is 11.7. The van der Waals surface area contributed by atoms with Gasteiger partial charge in [0.05, 0.1) is 51.4 Å². The Morgan fingerprint density at radius 2 is 0.684 bits per heavy atom. The van der Waals surface area contributed by atoms with E-state index in [0.29, 0.717) is 11.1 Å². The lowest BCUT2D eigenvalue weighted by molar-refractivity contribution is 0.569. The van der Waals surface area contributed by atoms with Gasteiger partial charge < -0.3 is 19.3 Å². The van der Waals surface area contributed by atoms with Crippen molar-refractivity contribution in [3.05, 3.63) is 342 Å². The lowest BCUT2D eigenvalue weighted by Gasteiger charge is -2.45. The molecule has 0 aliphatic carbocycles. The highest BCUT2D eigenvalue weighted by atomic mass is 15.2. The molecular weight excluding hydrogens is 1420 g/mol. The van der Waals surface area contributed by atoms with E-state index >= 15 is 0 Å². The number of fused-ring (bicyclic) bond motifs is 7. The van der Waals surface area contributed by atoms with E-state index in [9.17, 15) is 10.5 Å². The zero-order chi connectivity index (χ0) is 82.2. The van der Waals surface area contributed by atoms with Crippen LogP contribution in [0.5, 0.6) is 0 Å². The summed E-state index contributed by atoms with van der Waals surface area (Å²) < 4.78 is 2.42. The quantitative estimate of drug-likeness (QED) is 0.121. The van der Waals surface area contributed by atoms with Crippen LogP contribution >= 0.6 is 0 Å². The monoisotopic (exact) mass is 1520 g/mol. The van der Waals surface area contributed by atoms with Crippen molar-refractivity contribution in [2.75, 3.05) is 14.7 Å². The highest BCUT2D eigenvalue weighted by Gasteiger charge is 2.46.